The largest absolute Gasteiger partial charge is 0.369 e. The third-order valence-electron chi connectivity index (χ3n) is 4.28. The van der Waals surface area contributed by atoms with Gasteiger partial charge in [-0.1, -0.05) is 36.4 Å². The topological polar surface area (TPSA) is 86.6 Å². The number of aliphatic hydroxyl groups is 1. The molecule has 5 nitrogen and oxygen atoms in total. The molecule has 3 aromatic carbocycles. The first-order chi connectivity index (χ1) is 11.9. The molecule has 3 aromatic rings. The van der Waals surface area contributed by atoms with E-state index in [4.69, 9.17) is 0 Å². The average molecular weight is 353 g/mol. The number of aliphatic hydroxyl groups excluding tert-OH is 1. The Labute approximate surface area is 145 Å². The van der Waals surface area contributed by atoms with Crippen molar-refractivity contribution in [2.75, 3.05) is 5.32 Å². The normalized spacial score (nSPS) is 18.3. The zero-order valence-corrected chi connectivity index (χ0v) is 13.9. The van der Waals surface area contributed by atoms with Crippen LogP contribution in [0, 0.1) is 0 Å². The van der Waals surface area contributed by atoms with E-state index < -0.39 is 16.3 Å². The molecule has 1 aliphatic rings. The van der Waals surface area contributed by atoms with Gasteiger partial charge < -0.3 is 10.4 Å². The minimum Gasteiger partial charge on any atom is -0.369 e. The number of hydrogen-bond acceptors (Lipinski definition) is 4. The highest BCUT2D eigenvalue weighted by Crippen LogP contribution is 2.37. The Morgan fingerprint density at radius 2 is 1.72 bits per heavy atom. The third kappa shape index (κ3) is 2.91. The fourth-order valence-electron chi connectivity index (χ4n) is 3.05. The maximum atomic E-state index is 11.4. The predicted molar refractivity (Wildman–Crippen MR) is 97.7 cm³/mol. The van der Waals surface area contributed by atoms with Gasteiger partial charge >= 0.3 is 0 Å². The molecule has 3 N–H and O–H groups in total. The molecule has 0 aromatic heterocycles. The zero-order valence-electron chi connectivity index (χ0n) is 13.0. The molecule has 6 heteroatoms. The summed E-state index contributed by atoms with van der Waals surface area (Å²) in [6.07, 6.45) is 0.863. The molecule has 1 atom stereocenters. The molecule has 126 valence electrons. The quantitative estimate of drug-likeness (QED) is 0.615. The van der Waals surface area contributed by atoms with Gasteiger partial charge in [0.25, 0.3) is 10.1 Å². The van der Waals surface area contributed by atoms with Crippen molar-refractivity contribution in [1.82, 2.24) is 0 Å². The van der Waals surface area contributed by atoms with Gasteiger partial charge in [-0.05, 0) is 46.7 Å². The molecule has 25 heavy (non-hydrogen) atoms. The average Bonchev–Trinajstić information content (AvgIpc) is 2.89. The summed E-state index contributed by atoms with van der Waals surface area (Å²) in [5, 5.41) is 15.4. The fraction of sp³-hybridized carbons (Fsp3) is 0.0526. The molecule has 4 rings (SSSR count). The van der Waals surface area contributed by atoms with Gasteiger partial charge in [-0.25, -0.2) is 0 Å². The maximum Gasteiger partial charge on any atom is 0.294 e. The van der Waals surface area contributed by atoms with E-state index in [1.54, 1.807) is 0 Å². The van der Waals surface area contributed by atoms with Gasteiger partial charge in [0.2, 0.25) is 0 Å². The number of anilines is 1. The minimum atomic E-state index is -4.30. The van der Waals surface area contributed by atoms with E-state index in [2.05, 4.69) is 5.32 Å². The van der Waals surface area contributed by atoms with E-state index in [0.29, 0.717) is 16.8 Å². The smallest absolute Gasteiger partial charge is 0.294 e. The molecule has 0 fully saturated rings. The Kier molecular flexibility index (Phi) is 3.61. The summed E-state index contributed by atoms with van der Waals surface area (Å²) in [5.74, 6) is 0. The van der Waals surface area contributed by atoms with Crippen molar-refractivity contribution in [3.63, 3.8) is 0 Å². The second kappa shape index (κ2) is 5.70. The molecular formula is C19H15NO4S. The van der Waals surface area contributed by atoms with E-state index in [0.717, 1.165) is 16.3 Å². The first kappa shape index (κ1) is 15.8. The predicted octanol–water partition coefficient (Wildman–Crippen LogP) is 3.37. The van der Waals surface area contributed by atoms with Crippen LogP contribution in [0.5, 0.6) is 0 Å². The number of fused-ring (bicyclic) bond motifs is 2. The first-order valence-electron chi connectivity index (χ1n) is 7.69. The fourth-order valence-corrected chi connectivity index (χ4v) is 3.56. The van der Waals surface area contributed by atoms with Crippen molar-refractivity contribution in [3.8, 4) is 0 Å². The summed E-state index contributed by atoms with van der Waals surface area (Å²) in [4.78, 5) is -0.202. The van der Waals surface area contributed by atoms with E-state index in [9.17, 15) is 18.1 Å². The van der Waals surface area contributed by atoms with Crippen LogP contribution in [0.2, 0.25) is 0 Å². The van der Waals surface area contributed by atoms with Crippen LogP contribution in [-0.4, -0.2) is 24.3 Å². The molecule has 0 radical (unpaired) electrons. The van der Waals surface area contributed by atoms with Gasteiger partial charge in [-0.15, -0.1) is 0 Å². The van der Waals surface area contributed by atoms with Crippen molar-refractivity contribution in [2.24, 2.45) is 0 Å². The summed E-state index contributed by atoms with van der Waals surface area (Å²) >= 11 is 0. The Morgan fingerprint density at radius 3 is 2.48 bits per heavy atom. The number of hydrogen-bond donors (Lipinski definition) is 3. The van der Waals surface area contributed by atoms with Crippen molar-refractivity contribution in [2.45, 2.75) is 11.1 Å². The highest BCUT2D eigenvalue weighted by molar-refractivity contribution is 7.85. The van der Waals surface area contributed by atoms with Crippen LogP contribution in [0.15, 0.2) is 65.6 Å². The lowest BCUT2D eigenvalue weighted by Gasteiger charge is -2.06. The highest BCUT2D eigenvalue weighted by atomic mass is 32.2. The molecular weight excluding hydrogens is 338 g/mol. The van der Waals surface area contributed by atoms with Crippen molar-refractivity contribution < 1.29 is 18.1 Å². The Balaban J connectivity index is 1.84. The molecule has 0 saturated carbocycles. The number of benzene rings is 3. The lowest BCUT2D eigenvalue weighted by Crippen LogP contribution is -2.12. The van der Waals surface area contributed by atoms with Crippen LogP contribution in [0.1, 0.15) is 11.1 Å². The minimum absolute atomic E-state index is 0.202. The van der Waals surface area contributed by atoms with E-state index in [1.807, 2.05) is 48.5 Å². The van der Waals surface area contributed by atoms with Gasteiger partial charge in [-0.2, -0.15) is 8.42 Å². The van der Waals surface area contributed by atoms with E-state index in [1.165, 1.54) is 18.2 Å². The Morgan fingerprint density at radius 1 is 0.960 bits per heavy atom. The molecule has 0 spiro atoms. The summed E-state index contributed by atoms with van der Waals surface area (Å²) < 4.78 is 32.0. The molecule has 0 saturated heterocycles. The van der Waals surface area contributed by atoms with Crippen molar-refractivity contribution in [3.05, 3.63) is 71.8 Å². The second-order valence-corrected chi connectivity index (χ2v) is 7.36. The Bertz CT molecular complexity index is 1120. The standard InChI is InChI=1S/C19H15NO4S/c21-19-17(10-12-5-6-13-3-1-2-4-14(13)9-12)16-11-15(25(22,23)24)7-8-18(16)20-19/h1-11,19-21H,(H,22,23,24). The summed E-state index contributed by atoms with van der Waals surface area (Å²) in [5.41, 5.74) is 2.61. The third-order valence-corrected chi connectivity index (χ3v) is 5.13. The van der Waals surface area contributed by atoms with Gasteiger partial charge in [0.15, 0.2) is 6.23 Å². The zero-order chi connectivity index (χ0) is 17.6. The van der Waals surface area contributed by atoms with Gasteiger partial charge in [0.05, 0.1) is 4.90 Å². The lowest BCUT2D eigenvalue weighted by molar-refractivity contribution is 0.266. The van der Waals surface area contributed by atoms with Crippen LogP contribution in [-0.2, 0) is 10.1 Å². The van der Waals surface area contributed by atoms with Crippen molar-refractivity contribution >= 4 is 38.2 Å². The van der Waals surface area contributed by atoms with Crippen LogP contribution in [0.25, 0.3) is 22.4 Å². The maximum absolute atomic E-state index is 11.4. The number of rotatable bonds is 2. The second-order valence-electron chi connectivity index (χ2n) is 5.94. The van der Waals surface area contributed by atoms with Crippen LogP contribution >= 0.6 is 0 Å². The molecule has 1 unspecified atom stereocenters. The van der Waals surface area contributed by atoms with Crippen LogP contribution in [0.3, 0.4) is 0 Å². The Hall–Kier alpha value is -2.67. The van der Waals surface area contributed by atoms with Crippen LogP contribution < -0.4 is 5.32 Å². The van der Waals surface area contributed by atoms with Gasteiger partial charge in [0.1, 0.15) is 0 Å². The first-order valence-corrected chi connectivity index (χ1v) is 9.13. The molecule has 1 aliphatic heterocycles. The summed E-state index contributed by atoms with van der Waals surface area (Å²) in [6, 6.07) is 18.1. The van der Waals surface area contributed by atoms with E-state index in [-0.39, 0.29) is 4.90 Å². The monoisotopic (exact) mass is 353 g/mol. The van der Waals surface area contributed by atoms with E-state index >= 15 is 0 Å². The summed E-state index contributed by atoms with van der Waals surface area (Å²) in [7, 11) is -4.30. The number of nitrogens with one attached hydrogen (secondary N) is 1. The van der Waals surface area contributed by atoms with Crippen molar-refractivity contribution in [1.29, 1.82) is 0 Å². The van der Waals surface area contributed by atoms with Crippen LogP contribution in [0.4, 0.5) is 5.69 Å². The van der Waals surface area contributed by atoms with Gasteiger partial charge in [-0.3, -0.25) is 4.55 Å². The molecule has 0 bridgehead atoms. The lowest BCUT2D eigenvalue weighted by atomic mass is 10.0. The molecule has 0 amide bonds. The molecule has 1 heterocycles. The SMILES string of the molecule is O=S(=O)(O)c1ccc2c(c1)C(=Cc1ccc3ccccc3c1)C(O)N2. The summed E-state index contributed by atoms with van der Waals surface area (Å²) in [6.45, 7) is 0. The highest BCUT2D eigenvalue weighted by Gasteiger charge is 2.26. The molecule has 0 aliphatic carbocycles. The van der Waals surface area contributed by atoms with Gasteiger partial charge in [0, 0.05) is 16.8 Å².